The van der Waals surface area contributed by atoms with E-state index in [2.05, 4.69) is 4.98 Å². The lowest BCUT2D eigenvalue weighted by molar-refractivity contribution is -0.0299. The molecule has 1 N–H and O–H groups in total. The first-order valence-corrected chi connectivity index (χ1v) is 11.2. The maximum atomic E-state index is 13.1. The Labute approximate surface area is 195 Å². The molecule has 4 aromatic rings. The second-order valence-corrected chi connectivity index (χ2v) is 8.90. The molecule has 8 heteroatoms. The summed E-state index contributed by atoms with van der Waals surface area (Å²) in [5.41, 5.74) is 0.797. The van der Waals surface area contributed by atoms with Crippen LogP contribution in [0.2, 0.25) is 5.02 Å². The number of rotatable bonds is 4. The molecule has 1 saturated heterocycles. The monoisotopic (exact) mass is 462 g/mol. The largest absolute Gasteiger partial charge is 0.388 e. The van der Waals surface area contributed by atoms with E-state index in [1.165, 1.54) is 10.9 Å². The Bertz CT molecular complexity index is 1350. The average molecular weight is 463 g/mol. The minimum atomic E-state index is -1.09. The molecule has 0 spiro atoms. The van der Waals surface area contributed by atoms with E-state index >= 15 is 0 Å². The Balaban J connectivity index is 1.32. The van der Waals surface area contributed by atoms with Crippen molar-refractivity contribution < 1.29 is 9.90 Å². The third-order valence-electron chi connectivity index (χ3n) is 6.24. The number of fused-ring (bicyclic) bond motifs is 1. The van der Waals surface area contributed by atoms with Crippen LogP contribution < -0.4 is 5.56 Å². The maximum Gasteiger partial charge on any atom is 0.262 e. The van der Waals surface area contributed by atoms with Gasteiger partial charge in [-0.15, -0.1) is 0 Å². The lowest BCUT2D eigenvalue weighted by Gasteiger charge is -2.38. The number of para-hydroxylation sites is 1. The van der Waals surface area contributed by atoms with Crippen LogP contribution in [0.1, 0.15) is 23.2 Å². The zero-order valence-corrected chi connectivity index (χ0v) is 18.7. The second-order valence-electron chi connectivity index (χ2n) is 8.46. The summed E-state index contributed by atoms with van der Waals surface area (Å²) in [6.45, 7) is 0.952. The third kappa shape index (κ3) is 4.17. The normalized spacial score (nSPS) is 15.6. The zero-order valence-electron chi connectivity index (χ0n) is 17.9. The van der Waals surface area contributed by atoms with Gasteiger partial charge in [0, 0.05) is 35.6 Å². The second kappa shape index (κ2) is 8.50. The van der Waals surface area contributed by atoms with Crippen molar-refractivity contribution in [1.29, 1.82) is 0 Å². The van der Waals surface area contributed by atoms with Gasteiger partial charge in [0.1, 0.15) is 6.33 Å². The topological polar surface area (TPSA) is 80.4 Å². The maximum absolute atomic E-state index is 13.1. The molecule has 1 amide bonds. The predicted molar refractivity (Wildman–Crippen MR) is 127 cm³/mol. The van der Waals surface area contributed by atoms with Gasteiger partial charge in [0.05, 0.1) is 17.5 Å². The van der Waals surface area contributed by atoms with E-state index in [-0.39, 0.29) is 18.0 Å². The number of nitrogens with zero attached hydrogens (tertiary/aromatic N) is 4. The highest BCUT2D eigenvalue weighted by Gasteiger charge is 2.35. The number of piperidine rings is 1. The fourth-order valence-corrected chi connectivity index (χ4v) is 4.47. The van der Waals surface area contributed by atoms with E-state index in [9.17, 15) is 14.7 Å². The first kappa shape index (κ1) is 21.4. The molecule has 0 unspecified atom stereocenters. The number of carbonyl (C=O) groups is 1. The Morgan fingerprint density at radius 1 is 1.03 bits per heavy atom. The lowest BCUT2D eigenvalue weighted by Crippen LogP contribution is -2.49. The number of aromatic nitrogens is 3. The highest BCUT2D eigenvalue weighted by Crippen LogP contribution is 2.25. The summed E-state index contributed by atoms with van der Waals surface area (Å²) < 4.78 is 3.34. The van der Waals surface area contributed by atoms with Crippen molar-refractivity contribution >= 4 is 28.5 Å². The summed E-state index contributed by atoms with van der Waals surface area (Å²) in [7, 11) is 0. The van der Waals surface area contributed by atoms with E-state index in [1.54, 1.807) is 35.2 Å². The minimum absolute atomic E-state index is 0.0868. The summed E-state index contributed by atoms with van der Waals surface area (Å²) in [6, 6.07) is 18.2. The van der Waals surface area contributed by atoms with E-state index in [4.69, 9.17) is 11.6 Å². The van der Waals surface area contributed by atoms with Crippen molar-refractivity contribution in [3.63, 3.8) is 0 Å². The molecule has 2 aromatic heterocycles. The summed E-state index contributed by atoms with van der Waals surface area (Å²) in [6.07, 6.45) is 4.07. The van der Waals surface area contributed by atoms with Crippen molar-refractivity contribution in [3.05, 3.63) is 94.1 Å². The van der Waals surface area contributed by atoms with E-state index in [0.717, 1.165) is 5.69 Å². The van der Waals surface area contributed by atoms with Gasteiger partial charge in [-0.2, -0.15) is 0 Å². The van der Waals surface area contributed by atoms with Crippen LogP contribution in [-0.4, -0.2) is 48.7 Å². The number of hydrogen-bond acceptors (Lipinski definition) is 4. The molecule has 0 atom stereocenters. The Hall–Kier alpha value is -3.42. The van der Waals surface area contributed by atoms with Crippen molar-refractivity contribution in [3.8, 4) is 5.69 Å². The van der Waals surface area contributed by atoms with Crippen LogP contribution in [0.5, 0.6) is 0 Å². The van der Waals surface area contributed by atoms with Crippen molar-refractivity contribution in [1.82, 2.24) is 19.0 Å². The molecule has 5 rings (SSSR count). The molecule has 2 aromatic carbocycles. The standard InChI is InChI=1S/C25H23ClN4O3/c26-19-8-6-18(7-9-19)23(31)28-14-11-25(33,12-15-28)16-29-17-27-22-21(24(29)32)10-13-30(22)20-4-2-1-3-5-20/h1-10,13,17,33H,11-12,14-16H2. The van der Waals surface area contributed by atoms with Gasteiger partial charge in [0.25, 0.3) is 11.5 Å². The number of halogens is 1. The number of carbonyl (C=O) groups excluding carboxylic acids is 1. The van der Waals surface area contributed by atoms with E-state index in [1.807, 2.05) is 41.1 Å². The molecule has 0 bridgehead atoms. The van der Waals surface area contributed by atoms with Gasteiger partial charge < -0.3 is 14.6 Å². The molecule has 1 fully saturated rings. The Kier molecular flexibility index (Phi) is 5.52. The Morgan fingerprint density at radius 2 is 1.73 bits per heavy atom. The molecular weight excluding hydrogens is 440 g/mol. The van der Waals surface area contributed by atoms with E-state index in [0.29, 0.717) is 47.6 Å². The number of aliphatic hydroxyl groups is 1. The number of benzene rings is 2. The van der Waals surface area contributed by atoms with Crippen LogP contribution in [0.15, 0.2) is 78.0 Å². The fraction of sp³-hybridized carbons (Fsp3) is 0.240. The fourth-order valence-electron chi connectivity index (χ4n) is 4.34. The molecule has 1 aliphatic rings. The summed E-state index contributed by atoms with van der Waals surface area (Å²) in [5.74, 6) is -0.0868. The molecule has 0 saturated carbocycles. The SMILES string of the molecule is O=C(c1ccc(Cl)cc1)N1CCC(O)(Cn2cnc3c(ccn3-c3ccccc3)c2=O)CC1. The molecular formula is C25H23ClN4O3. The van der Waals surface area contributed by atoms with Crippen molar-refractivity contribution in [2.45, 2.75) is 25.0 Å². The van der Waals surface area contributed by atoms with Crippen LogP contribution >= 0.6 is 11.6 Å². The van der Waals surface area contributed by atoms with Crippen LogP contribution in [0.4, 0.5) is 0 Å². The quantitative estimate of drug-likeness (QED) is 0.503. The Morgan fingerprint density at radius 3 is 2.42 bits per heavy atom. The number of amides is 1. The van der Waals surface area contributed by atoms with E-state index < -0.39 is 5.60 Å². The van der Waals surface area contributed by atoms with Gasteiger partial charge in [0.15, 0.2) is 5.65 Å². The van der Waals surface area contributed by atoms with Gasteiger partial charge in [-0.25, -0.2) is 4.98 Å². The molecule has 1 aliphatic heterocycles. The van der Waals surface area contributed by atoms with Gasteiger partial charge in [-0.1, -0.05) is 29.8 Å². The zero-order chi connectivity index (χ0) is 23.0. The van der Waals surface area contributed by atoms with Gasteiger partial charge in [-0.05, 0) is 55.3 Å². The van der Waals surface area contributed by atoms with Gasteiger partial charge in [-0.3, -0.25) is 14.2 Å². The number of hydrogen-bond donors (Lipinski definition) is 1. The average Bonchev–Trinajstić information content (AvgIpc) is 3.27. The summed E-state index contributed by atoms with van der Waals surface area (Å²) >= 11 is 5.91. The van der Waals surface area contributed by atoms with Crippen LogP contribution in [0, 0.1) is 0 Å². The molecule has 0 aliphatic carbocycles. The van der Waals surface area contributed by atoms with Gasteiger partial charge in [0.2, 0.25) is 0 Å². The molecule has 168 valence electrons. The van der Waals surface area contributed by atoms with Gasteiger partial charge >= 0.3 is 0 Å². The predicted octanol–water partition coefficient (Wildman–Crippen LogP) is 3.51. The highest BCUT2D eigenvalue weighted by molar-refractivity contribution is 6.30. The van der Waals surface area contributed by atoms with Crippen LogP contribution in [0.3, 0.4) is 0 Å². The minimum Gasteiger partial charge on any atom is -0.388 e. The van der Waals surface area contributed by atoms with Crippen LogP contribution in [-0.2, 0) is 6.54 Å². The smallest absolute Gasteiger partial charge is 0.262 e. The highest BCUT2D eigenvalue weighted by atomic mass is 35.5. The third-order valence-corrected chi connectivity index (χ3v) is 6.49. The molecule has 33 heavy (non-hydrogen) atoms. The van der Waals surface area contributed by atoms with Crippen LogP contribution in [0.25, 0.3) is 16.7 Å². The number of likely N-dealkylation sites (tertiary alicyclic amines) is 1. The van der Waals surface area contributed by atoms with Crippen molar-refractivity contribution in [2.75, 3.05) is 13.1 Å². The van der Waals surface area contributed by atoms with Crippen molar-refractivity contribution in [2.24, 2.45) is 0 Å². The molecule has 0 radical (unpaired) electrons. The molecule has 7 nitrogen and oxygen atoms in total. The first-order valence-electron chi connectivity index (χ1n) is 10.8. The lowest BCUT2D eigenvalue weighted by atomic mass is 9.91. The molecule has 3 heterocycles. The first-order chi connectivity index (χ1) is 15.9. The summed E-state index contributed by atoms with van der Waals surface area (Å²) in [5, 5.41) is 12.2. The summed E-state index contributed by atoms with van der Waals surface area (Å²) in [4.78, 5) is 32.1.